The number of hydrogen-bond donors (Lipinski definition) is 1. The van der Waals surface area contributed by atoms with Gasteiger partial charge in [0.25, 0.3) is 5.91 Å². The third-order valence-electron chi connectivity index (χ3n) is 3.85. The van der Waals surface area contributed by atoms with Crippen molar-refractivity contribution in [3.05, 3.63) is 94.4 Å². The van der Waals surface area contributed by atoms with Gasteiger partial charge in [-0.05, 0) is 54.1 Å². The van der Waals surface area contributed by atoms with Gasteiger partial charge < -0.3 is 13.9 Å². The van der Waals surface area contributed by atoms with E-state index in [2.05, 4.69) is 10.5 Å². The van der Waals surface area contributed by atoms with Gasteiger partial charge in [-0.25, -0.2) is 10.2 Å². The van der Waals surface area contributed by atoms with E-state index in [1.165, 1.54) is 42.8 Å². The molecule has 0 aliphatic rings. The van der Waals surface area contributed by atoms with Gasteiger partial charge >= 0.3 is 11.7 Å². The van der Waals surface area contributed by atoms with Crippen LogP contribution in [-0.2, 0) is 9.59 Å². The van der Waals surface area contributed by atoms with Crippen LogP contribution >= 0.6 is 0 Å². The number of para-hydroxylation sites is 2. The molecule has 0 aliphatic carbocycles. The number of carbonyl (C=O) groups is 2. The molecular formula is C22H17N3O7. The Hall–Kier alpha value is -4.73. The lowest BCUT2D eigenvalue weighted by Gasteiger charge is -2.05. The molecule has 0 unspecified atom stereocenters. The molecule has 32 heavy (non-hydrogen) atoms. The van der Waals surface area contributed by atoms with Gasteiger partial charge in [-0.3, -0.25) is 14.9 Å². The topological polar surface area (TPSA) is 133 Å². The molecule has 1 amide bonds. The summed E-state index contributed by atoms with van der Waals surface area (Å²) in [6.07, 6.45) is 5.61. The average Bonchev–Trinajstić information content (AvgIpc) is 3.31. The van der Waals surface area contributed by atoms with Crippen LogP contribution < -0.4 is 14.9 Å². The molecule has 10 heteroatoms. The zero-order chi connectivity index (χ0) is 22.8. The molecule has 1 aromatic heterocycles. The lowest BCUT2D eigenvalue weighted by molar-refractivity contribution is -0.385. The van der Waals surface area contributed by atoms with Crippen LogP contribution in [0.2, 0.25) is 0 Å². The zero-order valence-electron chi connectivity index (χ0n) is 16.5. The van der Waals surface area contributed by atoms with Crippen LogP contribution in [0.3, 0.4) is 0 Å². The first-order valence-corrected chi connectivity index (χ1v) is 9.23. The first kappa shape index (κ1) is 22.0. The maximum Gasteiger partial charge on any atom is 0.336 e. The number of hydrogen-bond acceptors (Lipinski definition) is 8. The number of nitro groups is 1. The van der Waals surface area contributed by atoms with Crippen molar-refractivity contribution in [1.29, 1.82) is 0 Å². The molecule has 0 aliphatic heterocycles. The largest absolute Gasteiger partial charge is 0.477 e. The van der Waals surface area contributed by atoms with Crippen LogP contribution in [0, 0.1) is 10.1 Å². The van der Waals surface area contributed by atoms with E-state index >= 15 is 0 Å². The number of esters is 1. The third kappa shape index (κ3) is 6.66. The molecule has 2 aromatic carbocycles. The highest BCUT2D eigenvalue weighted by Gasteiger charge is 2.14. The summed E-state index contributed by atoms with van der Waals surface area (Å²) in [4.78, 5) is 33.9. The smallest absolute Gasteiger partial charge is 0.336 e. The lowest BCUT2D eigenvalue weighted by atomic mass is 10.2. The number of nitrogens with zero attached hydrogens (tertiary/aromatic N) is 2. The highest BCUT2D eigenvalue weighted by Crippen LogP contribution is 2.25. The first-order valence-electron chi connectivity index (χ1n) is 9.23. The standard InChI is InChI=1S/C22H17N3O7/c26-21(15-31-20-6-2-1-5-19(20)25(28)29)24-23-14-16-7-9-18(10-8-16)32-22(27)12-11-17-4-3-13-30-17/h1-14H,15H2,(H,24,26)/b12-11+,23-14?. The predicted molar refractivity (Wildman–Crippen MR) is 114 cm³/mol. The minimum absolute atomic E-state index is 0.0132. The van der Waals surface area contributed by atoms with Crippen LogP contribution in [0.5, 0.6) is 11.5 Å². The van der Waals surface area contributed by atoms with Gasteiger partial charge in [0.1, 0.15) is 11.5 Å². The summed E-state index contributed by atoms with van der Waals surface area (Å²) >= 11 is 0. The Morgan fingerprint density at radius 3 is 2.59 bits per heavy atom. The summed E-state index contributed by atoms with van der Waals surface area (Å²) < 4.78 is 15.4. The molecule has 162 valence electrons. The maximum atomic E-state index is 11.8. The Kier molecular flexibility index (Phi) is 7.47. The van der Waals surface area contributed by atoms with E-state index in [4.69, 9.17) is 13.9 Å². The van der Waals surface area contributed by atoms with Gasteiger partial charge in [0, 0.05) is 12.1 Å². The second-order valence-corrected chi connectivity index (χ2v) is 6.15. The molecule has 0 spiro atoms. The quantitative estimate of drug-likeness (QED) is 0.136. The highest BCUT2D eigenvalue weighted by molar-refractivity contribution is 5.88. The van der Waals surface area contributed by atoms with E-state index in [0.717, 1.165) is 0 Å². The third-order valence-corrected chi connectivity index (χ3v) is 3.85. The first-order chi connectivity index (χ1) is 15.5. The van der Waals surface area contributed by atoms with Crippen molar-refractivity contribution >= 4 is 29.9 Å². The number of carbonyl (C=O) groups excluding carboxylic acids is 2. The van der Waals surface area contributed by atoms with Gasteiger partial charge in [-0.1, -0.05) is 12.1 Å². The second kappa shape index (κ2) is 10.9. The van der Waals surface area contributed by atoms with Gasteiger partial charge in [0.15, 0.2) is 12.4 Å². The molecule has 1 heterocycles. The zero-order valence-corrected chi connectivity index (χ0v) is 16.5. The molecule has 3 rings (SSSR count). The number of furan rings is 1. The Balaban J connectivity index is 1.45. The fourth-order valence-electron chi connectivity index (χ4n) is 2.39. The number of nitro benzene ring substituents is 1. The molecule has 10 nitrogen and oxygen atoms in total. The number of rotatable bonds is 9. The van der Waals surface area contributed by atoms with Crippen LogP contribution in [0.15, 0.2) is 82.5 Å². The molecular weight excluding hydrogens is 418 g/mol. The summed E-state index contributed by atoms with van der Waals surface area (Å²) in [5.74, 6) is -0.302. The van der Waals surface area contributed by atoms with E-state index in [0.29, 0.717) is 17.1 Å². The van der Waals surface area contributed by atoms with Crippen LogP contribution in [0.25, 0.3) is 6.08 Å². The maximum absolute atomic E-state index is 11.8. The molecule has 0 fully saturated rings. The minimum atomic E-state index is -0.596. The number of amides is 1. The molecule has 0 bridgehead atoms. The van der Waals surface area contributed by atoms with Crippen molar-refractivity contribution in [3.8, 4) is 11.5 Å². The van der Waals surface area contributed by atoms with Crippen LogP contribution in [-0.4, -0.2) is 29.6 Å². The molecule has 0 saturated carbocycles. The summed E-state index contributed by atoms with van der Waals surface area (Å²) in [5.41, 5.74) is 2.66. The normalized spacial score (nSPS) is 10.9. The van der Waals surface area contributed by atoms with Crippen molar-refractivity contribution in [2.45, 2.75) is 0 Å². The van der Waals surface area contributed by atoms with Gasteiger partial charge in [0.05, 0.1) is 17.4 Å². The number of ether oxygens (including phenoxy) is 2. The van der Waals surface area contributed by atoms with Crippen LogP contribution in [0.4, 0.5) is 5.69 Å². The second-order valence-electron chi connectivity index (χ2n) is 6.15. The van der Waals surface area contributed by atoms with Gasteiger partial charge in [-0.15, -0.1) is 0 Å². The van der Waals surface area contributed by atoms with E-state index in [1.807, 2.05) is 0 Å². The van der Waals surface area contributed by atoms with Crippen molar-refractivity contribution in [2.24, 2.45) is 5.10 Å². The number of hydrazone groups is 1. The number of benzene rings is 2. The SMILES string of the molecule is O=C(COc1ccccc1[N+](=O)[O-])NN=Cc1ccc(OC(=O)/C=C/c2ccco2)cc1. The van der Waals surface area contributed by atoms with Gasteiger partial charge in [-0.2, -0.15) is 5.10 Å². The van der Waals surface area contributed by atoms with Crippen LogP contribution in [0.1, 0.15) is 11.3 Å². The number of nitrogens with one attached hydrogen (secondary N) is 1. The Labute approximate surface area is 181 Å². The fourth-order valence-corrected chi connectivity index (χ4v) is 2.39. The lowest BCUT2D eigenvalue weighted by Crippen LogP contribution is -2.24. The van der Waals surface area contributed by atoms with Crippen molar-refractivity contribution < 1.29 is 28.4 Å². The van der Waals surface area contributed by atoms with E-state index in [-0.39, 0.29) is 11.4 Å². The predicted octanol–water partition coefficient (Wildman–Crippen LogP) is 3.34. The Morgan fingerprint density at radius 1 is 1.09 bits per heavy atom. The monoisotopic (exact) mass is 435 g/mol. The summed E-state index contributed by atoms with van der Waals surface area (Å²) in [6, 6.07) is 15.6. The molecule has 0 saturated heterocycles. The fraction of sp³-hybridized carbons (Fsp3) is 0.0455. The summed E-state index contributed by atoms with van der Waals surface area (Å²) in [5, 5.41) is 14.7. The van der Waals surface area contributed by atoms with E-state index in [9.17, 15) is 19.7 Å². The van der Waals surface area contributed by atoms with Crippen molar-refractivity contribution in [2.75, 3.05) is 6.61 Å². The molecule has 3 aromatic rings. The summed E-state index contributed by atoms with van der Waals surface area (Å²) in [6.45, 7) is -0.442. The highest BCUT2D eigenvalue weighted by atomic mass is 16.6. The average molecular weight is 435 g/mol. The molecule has 1 N–H and O–H groups in total. The minimum Gasteiger partial charge on any atom is -0.477 e. The van der Waals surface area contributed by atoms with E-state index < -0.39 is 23.4 Å². The van der Waals surface area contributed by atoms with Crippen molar-refractivity contribution in [1.82, 2.24) is 5.43 Å². The summed E-state index contributed by atoms with van der Waals surface area (Å²) in [7, 11) is 0. The van der Waals surface area contributed by atoms with Gasteiger partial charge in [0.2, 0.25) is 0 Å². The van der Waals surface area contributed by atoms with Crippen molar-refractivity contribution in [3.63, 3.8) is 0 Å². The Morgan fingerprint density at radius 2 is 1.88 bits per heavy atom. The Bertz CT molecular complexity index is 1140. The molecule has 0 atom stereocenters. The van der Waals surface area contributed by atoms with E-state index in [1.54, 1.807) is 42.5 Å². The molecule has 0 radical (unpaired) electrons.